The third kappa shape index (κ3) is 4.73. The number of hydrogen-bond donors (Lipinski definition) is 2. The molecular formula is C16H22N2O4. The molecule has 6 heteroatoms. The van der Waals surface area contributed by atoms with Gasteiger partial charge in [0.2, 0.25) is 11.8 Å². The number of morpholine rings is 1. The monoisotopic (exact) mass is 306 g/mol. The molecule has 0 bridgehead atoms. The number of aryl methyl sites for hydroxylation is 1. The Morgan fingerprint density at radius 1 is 1.41 bits per heavy atom. The lowest BCUT2D eigenvalue weighted by Crippen LogP contribution is -2.49. The number of ether oxygens (including phenoxy) is 1. The van der Waals surface area contributed by atoms with E-state index in [0.29, 0.717) is 39.1 Å². The van der Waals surface area contributed by atoms with E-state index in [1.807, 2.05) is 6.07 Å². The Morgan fingerprint density at radius 3 is 2.91 bits per heavy atom. The normalized spacial score (nSPS) is 18.0. The zero-order valence-electron chi connectivity index (χ0n) is 12.7. The summed E-state index contributed by atoms with van der Waals surface area (Å²) in [5, 5.41) is 12.5. The van der Waals surface area contributed by atoms with Gasteiger partial charge in [0.15, 0.2) is 0 Å². The van der Waals surface area contributed by atoms with Crippen LogP contribution in [-0.4, -0.2) is 54.2 Å². The van der Waals surface area contributed by atoms with Crippen LogP contribution in [0.2, 0.25) is 0 Å². The first-order valence-electron chi connectivity index (χ1n) is 7.47. The summed E-state index contributed by atoms with van der Waals surface area (Å²) in [6, 6.07) is 7.00. The summed E-state index contributed by atoms with van der Waals surface area (Å²) >= 11 is 0. The lowest BCUT2D eigenvalue weighted by Gasteiger charge is -2.32. The zero-order chi connectivity index (χ0) is 15.9. The number of carbonyl (C=O) groups is 2. The van der Waals surface area contributed by atoms with Crippen molar-refractivity contribution in [3.8, 4) is 5.75 Å². The van der Waals surface area contributed by atoms with E-state index in [-0.39, 0.29) is 23.7 Å². The van der Waals surface area contributed by atoms with Crippen LogP contribution in [0.25, 0.3) is 0 Å². The highest BCUT2D eigenvalue weighted by molar-refractivity contribution is 5.76. The minimum atomic E-state index is -0.160. The number of benzene rings is 1. The van der Waals surface area contributed by atoms with Gasteiger partial charge in [0.1, 0.15) is 5.75 Å². The fourth-order valence-corrected chi connectivity index (χ4v) is 2.42. The summed E-state index contributed by atoms with van der Waals surface area (Å²) in [6.07, 6.45) is 0.636. The van der Waals surface area contributed by atoms with Gasteiger partial charge in [-0.3, -0.25) is 9.59 Å². The van der Waals surface area contributed by atoms with Gasteiger partial charge >= 0.3 is 0 Å². The quantitative estimate of drug-likeness (QED) is 0.839. The lowest BCUT2D eigenvalue weighted by molar-refractivity contribution is -0.136. The molecule has 1 aliphatic rings. The number of phenolic OH excluding ortho intramolecular Hbond substituents is 1. The molecule has 120 valence electrons. The first kappa shape index (κ1) is 16.3. The molecule has 6 nitrogen and oxygen atoms in total. The van der Waals surface area contributed by atoms with Crippen molar-refractivity contribution in [2.24, 2.45) is 0 Å². The van der Waals surface area contributed by atoms with E-state index < -0.39 is 0 Å². The van der Waals surface area contributed by atoms with Crippen LogP contribution in [0.15, 0.2) is 24.3 Å². The fraction of sp³-hybridized carbons (Fsp3) is 0.500. The Morgan fingerprint density at radius 2 is 2.18 bits per heavy atom. The number of amides is 2. The van der Waals surface area contributed by atoms with E-state index in [4.69, 9.17) is 4.74 Å². The maximum Gasteiger partial charge on any atom is 0.220 e. The van der Waals surface area contributed by atoms with Crippen molar-refractivity contribution in [2.45, 2.75) is 25.9 Å². The molecule has 22 heavy (non-hydrogen) atoms. The Bertz CT molecular complexity index is 533. The van der Waals surface area contributed by atoms with Gasteiger partial charge < -0.3 is 20.1 Å². The molecule has 1 aromatic rings. The number of nitrogens with one attached hydrogen (secondary N) is 1. The molecule has 1 aliphatic heterocycles. The Kier molecular flexibility index (Phi) is 5.77. The van der Waals surface area contributed by atoms with Crippen LogP contribution in [-0.2, 0) is 20.7 Å². The molecule has 0 aliphatic carbocycles. The van der Waals surface area contributed by atoms with Crippen molar-refractivity contribution in [1.82, 2.24) is 10.2 Å². The van der Waals surface area contributed by atoms with Gasteiger partial charge in [0, 0.05) is 33.0 Å². The predicted octanol–water partition coefficient (Wildman–Crippen LogP) is 0.688. The number of carbonyl (C=O) groups excluding carboxylic acids is 2. The highest BCUT2D eigenvalue weighted by atomic mass is 16.5. The second kappa shape index (κ2) is 7.79. The number of para-hydroxylation sites is 1. The van der Waals surface area contributed by atoms with Crippen molar-refractivity contribution >= 4 is 11.8 Å². The average molecular weight is 306 g/mol. The first-order chi connectivity index (χ1) is 10.6. The van der Waals surface area contributed by atoms with Crippen LogP contribution in [0, 0.1) is 0 Å². The maximum absolute atomic E-state index is 11.9. The molecule has 2 rings (SSSR count). The highest BCUT2D eigenvalue weighted by Gasteiger charge is 2.22. The van der Waals surface area contributed by atoms with Crippen molar-refractivity contribution in [3.63, 3.8) is 0 Å². The molecule has 2 N–H and O–H groups in total. The smallest absolute Gasteiger partial charge is 0.220 e. The fourth-order valence-electron chi connectivity index (χ4n) is 2.42. The van der Waals surface area contributed by atoms with Gasteiger partial charge in [-0.2, -0.15) is 0 Å². The molecule has 0 radical (unpaired) electrons. The molecule has 1 atom stereocenters. The third-order valence-electron chi connectivity index (χ3n) is 3.72. The Labute approximate surface area is 130 Å². The second-order valence-electron chi connectivity index (χ2n) is 5.39. The molecule has 0 saturated carbocycles. The number of nitrogens with zero attached hydrogens (tertiary/aromatic N) is 1. The van der Waals surface area contributed by atoms with Crippen LogP contribution in [0.4, 0.5) is 0 Å². The number of rotatable bonds is 5. The van der Waals surface area contributed by atoms with Gasteiger partial charge in [0.05, 0.1) is 12.7 Å². The van der Waals surface area contributed by atoms with Gasteiger partial charge in [-0.05, 0) is 18.1 Å². The molecule has 1 heterocycles. The molecule has 0 spiro atoms. The molecule has 1 unspecified atom stereocenters. The van der Waals surface area contributed by atoms with Crippen LogP contribution in [0.1, 0.15) is 18.9 Å². The number of aromatic hydroxyl groups is 1. The van der Waals surface area contributed by atoms with Crippen molar-refractivity contribution in [1.29, 1.82) is 0 Å². The molecule has 1 saturated heterocycles. The van der Waals surface area contributed by atoms with Crippen LogP contribution < -0.4 is 5.32 Å². The van der Waals surface area contributed by atoms with Crippen LogP contribution >= 0.6 is 0 Å². The third-order valence-corrected chi connectivity index (χ3v) is 3.72. The SMILES string of the molecule is CC(=O)N1CCOC(CNC(=O)CCc2ccccc2O)C1. The maximum atomic E-state index is 11.9. The summed E-state index contributed by atoms with van der Waals surface area (Å²) in [5.74, 6) is 0.147. The Hall–Kier alpha value is -2.08. The van der Waals surface area contributed by atoms with E-state index >= 15 is 0 Å². The average Bonchev–Trinajstić information content (AvgIpc) is 2.52. The zero-order valence-corrected chi connectivity index (χ0v) is 12.7. The van der Waals surface area contributed by atoms with E-state index in [2.05, 4.69) is 5.32 Å². The van der Waals surface area contributed by atoms with Crippen molar-refractivity contribution < 1.29 is 19.4 Å². The van der Waals surface area contributed by atoms with Gasteiger partial charge in [-0.1, -0.05) is 18.2 Å². The summed E-state index contributed by atoms with van der Waals surface area (Å²) in [6.45, 7) is 3.54. The second-order valence-corrected chi connectivity index (χ2v) is 5.39. The van der Waals surface area contributed by atoms with E-state index in [1.165, 1.54) is 6.92 Å². The van der Waals surface area contributed by atoms with Gasteiger partial charge in [-0.15, -0.1) is 0 Å². The topological polar surface area (TPSA) is 78.9 Å². The summed E-state index contributed by atoms with van der Waals surface area (Å²) in [4.78, 5) is 24.9. The van der Waals surface area contributed by atoms with E-state index in [1.54, 1.807) is 23.1 Å². The number of phenols is 1. The molecule has 2 amide bonds. The van der Waals surface area contributed by atoms with E-state index in [0.717, 1.165) is 5.56 Å². The first-order valence-corrected chi connectivity index (χ1v) is 7.47. The minimum Gasteiger partial charge on any atom is -0.508 e. The van der Waals surface area contributed by atoms with Gasteiger partial charge in [-0.25, -0.2) is 0 Å². The van der Waals surface area contributed by atoms with E-state index in [9.17, 15) is 14.7 Å². The standard InChI is InChI=1S/C16H22N2O4/c1-12(19)18-8-9-22-14(11-18)10-17-16(21)7-6-13-4-2-3-5-15(13)20/h2-5,14,20H,6-11H2,1H3,(H,17,21). The summed E-state index contributed by atoms with van der Waals surface area (Å²) in [7, 11) is 0. The van der Waals surface area contributed by atoms with Crippen LogP contribution in [0.3, 0.4) is 0 Å². The number of hydrogen-bond acceptors (Lipinski definition) is 4. The molecule has 1 aromatic carbocycles. The van der Waals surface area contributed by atoms with Crippen LogP contribution in [0.5, 0.6) is 5.75 Å². The van der Waals surface area contributed by atoms with Gasteiger partial charge in [0.25, 0.3) is 0 Å². The molecule has 0 aromatic heterocycles. The summed E-state index contributed by atoms with van der Waals surface area (Å²) < 4.78 is 5.54. The summed E-state index contributed by atoms with van der Waals surface area (Å²) in [5.41, 5.74) is 0.759. The lowest BCUT2D eigenvalue weighted by atomic mass is 10.1. The predicted molar refractivity (Wildman–Crippen MR) is 81.4 cm³/mol. The molecular weight excluding hydrogens is 284 g/mol. The largest absolute Gasteiger partial charge is 0.508 e. The Balaban J connectivity index is 1.71. The van der Waals surface area contributed by atoms with Crippen molar-refractivity contribution in [2.75, 3.05) is 26.2 Å². The van der Waals surface area contributed by atoms with Crippen molar-refractivity contribution in [3.05, 3.63) is 29.8 Å². The highest BCUT2D eigenvalue weighted by Crippen LogP contribution is 2.17. The minimum absolute atomic E-state index is 0.0270. The molecule has 1 fully saturated rings.